The molecule has 2 aliphatic heterocycles. The van der Waals surface area contributed by atoms with Gasteiger partial charge in [-0.05, 0) is 13.8 Å². The van der Waals surface area contributed by atoms with Crippen LogP contribution in [0, 0.1) is 0 Å². The Kier molecular flexibility index (Phi) is 4.58. The van der Waals surface area contributed by atoms with Crippen LogP contribution >= 0.6 is 0 Å². The Labute approximate surface area is 98.9 Å². The molecule has 0 aromatic rings. The van der Waals surface area contributed by atoms with E-state index in [-0.39, 0.29) is 0 Å². The van der Waals surface area contributed by atoms with Gasteiger partial charge in [-0.15, -0.1) is 0 Å². The summed E-state index contributed by atoms with van der Waals surface area (Å²) in [6.07, 6.45) is 0. The average Bonchev–Trinajstić information content (AvgIpc) is 2.27. The second-order valence-corrected chi connectivity index (χ2v) is 5.18. The van der Waals surface area contributed by atoms with E-state index < -0.39 is 0 Å². The van der Waals surface area contributed by atoms with E-state index in [0.29, 0.717) is 12.1 Å². The van der Waals surface area contributed by atoms with Gasteiger partial charge in [-0.1, -0.05) is 0 Å². The topological polar surface area (TPSA) is 27.7 Å². The van der Waals surface area contributed by atoms with Gasteiger partial charge < -0.3 is 10.1 Å². The van der Waals surface area contributed by atoms with Gasteiger partial charge in [0, 0.05) is 51.4 Å². The largest absolute Gasteiger partial charge is 0.379 e. The third-order valence-corrected chi connectivity index (χ3v) is 3.47. The molecule has 4 heteroatoms. The summed E-state index contributed by atoms with van der Waals surface area (Å²) in [4.78, 5) is 5.10. The molecule has 0 spiro atoms. The third kappa shape index (κ3) is 3.70. The minimum Gasteiger partial charge on any atom is -0.379 e. The molecular formula is C12H25N3O. The molecule has 2 saturated heterocycles. The van der Waals surface area contributed by atoms with Crippen LogP contribution in [0.15, 0.2) is 0 Å². The first-order valence-electron chi connectivity index (χ1n) is 6.52. The number of piperazine rings is 1. The summed E-state index contributed by atoms with van der Waals surface area (Å²) in [6.45, 7) is 13.4. The van der Waals surface area contributed by atoms with Crippen LogP contribution in [0.3, 0.4) is 0 Å². The van der Waals surface area contributed by atoms with Gasteiger partial charge in [-0.3, -0.25) is 9.80 Å². The summed E-state index contributed by atoms with van der Waals surface area (Å²) in [5.74, 6) is 0. The summed E-state index contributed by atoms with van der Waals surface area (Å²) in [5, 5.41) is 3.57. The van der Waals surface area contributed by atoms with E-state index in [2.05, 4.69) is 29.0 Å². The lowest BCUT2D eigenvalue weighted by Crippen LogP contribution is -2.55. The maximum absolute atomic E-state index is 5.36. The van der Waals surface area contributed by atoms with Gasteiger partial charge in [0.25, 0.3) is 0 Å². The number of hydrogen-bond acceptors (Lipinski definition) is 4. The van der Waals surface area contributed by atoms with Crippen LogP contribution in [0.1, 0.15) is 13.8 Å². The molecule has 4 nitrogen and oxygen atoms in total. The van der Waals surface area contributed by atoms with E-state index in [1.807, 2.05) is 0 Å². The molecule has 0 amide bonds. The lowest BCUT2D eigenvalue weighted by atomic mass is 10.1. The highest BCUT2D eigenvalue weighted by Gasteiger charge is 2.21. The zero-order valence-electron chi connectivity index (χ0n) is 10.6. The second-order valence-electron chi connectivity index (χ2n) is 5.18. The molecule has 2 fully saturated rings. The van der Waals surface area contributed by atoms with Crippen molar-refractivity contribution in [3.63, 3.8) is 0 Å². The fourth-order valence-corrected chi connectivity index (χ4v) is 2.73. The van der Waals surface area contributed by atoms with E-state index in [1.54, 1.807) is 0 Å². The standard InChI is InChI=1S/C12H25N3O/c1-11-9-15(10-12(2)13-11)4-3-14-5-7-16-8-6-14/h11-13H,3-10H2,1-2H3. The fourth-order valence-electron chi connectivity index (χ4n) is 2.73. The lowest BCUT2D eigenvalue weighted by Gasteiger charge is -2.37. The molecule has 2 rings (SSSR count). The summed E-state index contributed by atoms with van der Waals surface area (Å²) in [7, 11) is 0. The zero-order chi connectivity index (χ0) is 11.4. The van der Waals surface area contributed by atoms with E-state index in [1.165, 1.54) is 26.2 Å². The predicted molar refractivity (Wildman–Crippen MR) is 65.8 cm³/mol. The summed E-state index contributed by atoms with van der Waals surface area (Å²) in [6, 6.07) is 1.27. The van der Waals surface area contributed by atoms with E-state index in [0.717, 1.165) is 26.3 Å². The Bertz CT molecular complexity index is 196. The Morgan fingerprint density at radius 1 is 1.00 bits per heavy atom. The van der Waals surface area contributed by atoms with Gasteiger partial charge in [-0.2, -0.15) is 0 Å². The maximum Gasteiger partial charge on any atom is 0.0594 e. The van der Waals surface area contributed by atoms with Crippen molar-refractivity contribution in [3.8, 4) is 0 Å². The van der Waals surface area contributed by atoms with Crippen LogP contribution in [0.2, 0.25) is 0 Å². The van der Waals surface area contributed by atoms with Crippen molar-refractivity contribution in [1.82, 2.24) is 15.1 Å². The molecule has 0 aliphatic carbocycles. The Morgan fingerprint density at radius 2 is 1.56 bits per heavy atom. The Morgan fingerprint density at radius 3 is 2.19 bits per heavy atom. The summed E-state index contributed by atoms with van der Waals surface area (Å²) in [5.41, 5.74) is 0. The number of morpholine rings is 1. The normalized spacial score (nSPS) is 34.1. The molecule has 2 aliphatic rings. The monoisotopic (exact) mass is 227 g/mol. The molecule has 2 unspecified atom stereocenters. The molecule has 1 N–H and O–H groups in total. The second kappa shape index (κ2) is 5.96. The van der Waals surface area contributed by atoms with Gasteiger partial charge in [0.2, 0.25) is 0 Å². The molecule has 0 bridgehead atoms. The smallest absolute Gasteiger partial charge is 0.0594 e. The lowest BCUT2D eigenvalue weighted by molar-refractivity contribution is 0.0309. The van der Waals surface area contributed by atoms with Crippen molar-refractivity contribution in [1.29, 1.82) is 0 Å². The van der Waals surface area contributed by atoms with Gasteiger partial charge >= 0.3 is 0 Å². The third-order valence-electron chi connectivity index (χ3n) is 3.47. The Balaban J connectivity index is 1.68. The number of hydrogen-bond donors (Lipinski definition) is 1. The van der Waals surface area contributed by atoms with Crippen molar-refractivity contribution in [2.75, 3.05) is 52.5 Å². The number of nitrogens with zero attached hydrogens (tertiary/aromatic N) is 2. The van der Waals surface area contributed by atoms with Crippen LogP contribution in [-0.4, -0.2) is 74.4 Å². The highest BCUT2D eigenvalue weighted by atomic mass is 16.5. The minimum absolute atomic E-state index is 0.633. The van der Waals surface area contributed by atoms with Crippen LogP contribution in [0.4, 0.5) is 0 Å². The fraction of sp³-hybridized carbons (Fsp3) is 1.00. The van der Waals surface area contributed by atoms with Gasteiger partial charge in [0.05, 0.1) is 13.2 Å². The molecule has 2 atom stereocenters. The van der Waals surface area contributed by atoms with Gasteiger partial charge in [0.15, 0.2) is 0 Å². The van der Waals surface area contributed by atoms with Crippen molar-refractivity contribution in [2.45, 2.75) is 25.9 Å². The minimum atomic E-state index is 0.633. The van der Waals surface area contributed by atoms with Crippen LogP contribution in [0.25, 0.3) is 0 Å². The summed E-state index contributed by atoms with van der Waals surface area (Å²) >= 11 is 0. The van der Waals surface area contributed by atoms with E-state index in [4.69, 9.17) is 4.74 Å². The summed E-state index contributed by atoms with van der Waals surface area (Å²) < 4.78 is 5.36. The van der Waals surface area contributed by atoms with Crippen molar-refractivity contribution < 1.29 is 4.74 Å². The highest BCUT2D eigenvalue weighted by molar-refractivity contribution is 4.81. The average molecular weight is 227 g/mol. The number of nitrogens with one attached hydrogen (secondary N) is 1. The SMILES string of the molecule is CC1CN(CCN2CCOCC2)CC(C)N1. The van der Waals surface area contributed by atoms with E-state index >= 15 is 0 Å². The highest BCUT2D eigenvalue weighted by Crippen LogP contribution is 2.04. The molecule has 0 aromatic heterocycles. The first-order valence-corrected chi connectivity index (χ1v) is 6.52. The predicted octanol–water partition coefficient (Wildman–Crippen LogP) is 0.000800. The van der Waals surface area contributed by atoms with Crippen LogP contribution in [0.5, 0.6) is 0 Å². The van der Waals surface area contributed by atoms with Gasteiger partial charge in [0.1, 0.15) is 0 Å². The van der Waals surface area contributed by atoms with Crippen LogP contribution in [-0.2, 0) is 4.74 Å². The number of rotatable bonds is 3. The first kappa shape index (κ1) is 12.3. The van der Waals surface area contributed by atoms with E-state index in [9.17, 15) is 0 Å². The first-order chi connectivity index (χ1) is 7.74. The van der Waals surface area contributed by atoms with Crippen molar-refractivity contribution >= 4 is 0 Å². The quantitative estimate of drug-likeness (QED) is 0.734. The molecule has 0 radical (unpaired) electrons. The van der Waals surface area contributed by atoms with Gasteiger partial charge in [-0.25, -0.2) is 0 Å². The van der Waals surface area contributed by atoms with Crippen LogP contribution < -0.4 is 5.32 Å². The Hall–Kier alpha value is -0.160. The maximum atomic E-state index is 5.36. The molecule has 16 heavy (non-hydrogen) atoms. The number of ether oxygens (including phenoxy) is 1. The molecule has 0 aromatic carbocycles. The molecule has 94 valence electrons. The van der Waals surface area contributed by atoms with Crippen molar-refractivity contribution in [3.05, 3.63) is 0 Å². The molecule has 2 heterocycles. The van der Waals surface area contributed by atoms with Crippen molar-refractivity contribution in [2.24, 2.45) is 0 Å². The molecule has 0 saturated carbocycles. The zero-order valence-corrected chi connectivity index (χ0v) is 10.6. The molecular weight excluding hydrogens is 202 g/mol.